The summed E-state index contributed by atoms with van der Waals surface area (Å²) in [4.78, 5) is 9.67. The highest BCUT2D eigenvalue weighted by Crippen LogP contribution is 2.20. The van der Waals surface area contributed by atoms with Gasteiger partial charge in [-0.1, -0.05) is 30.3 Å². The normalized spacial score (nSPS) is 23.8. The van der Waals surface area contributed by atoms with Gasteiger partial charge in [-0.25, -0.2) is 0 Å². The second-order valence-corrected chi connectivity index (χ2v) is 8.68. The highest BCUT2D eigenvalue weighted by molar-refractivity contribution is 14.0. The van der Waals surface area contributed by atoms with Crippen LogP contribution in [0.5, 0.6) is 0 Å². The maximum absolute atomic E-state index is 4.46. The predicted molar refractivity (Wildman–Crippen MR) is 134 cm³/mol. The zero-order valence-corrected chi connectivity index (χ0v) is 20.8. The summed E-state index contributed by atoms with van der Waals surface area (Å²) < 4.78 is 0. The Balaban J connectivity index is 0.00000300. The van der Waals surface area contributed by atoms with Gasteiger partial charge in [0.05, 0.1) is 0 Å². The second kappa shape index (κ2) is 12.7. The van der Waals surface area contributed by atoms with Crippen LogP contribution in [0.25, 0.3) is 0 Å². The van der Waals surface area contributed by atoms with E-state index in [0.717, 1.165) is 31.5 Å². The van der Waals surface area contributed by atoms with E-state index in [1.807, 2.05) is 7.05 Å². The highest BCUT2D eigenvalue weighted by atomic mass is 127. The van der Waals surface area contributed by atoms with Crippen LogP contribution in [0.2, 0.25) is 0 Å². The number of hydrogen-bond donors (Lipinski definition) is 2. The molecule has 0 amide bonds. The smallest absolute Gasteiger partial charge is 0.191 e. The number of nitrogens with one attached hydrogen (secondary N) is 2. The van der Waals surface area contributed by atoms with Gasteiger partial charge in [-0.2, -0.15) is 0 Å². The monoisotopic (exact) mass is 513 g/mol. The minimum atomic E-state index is 0. The van der Waals surface area contributed by atoms with Gasteiger partial charge in [0, 0.05) is 45.3 Å². The molecule has 2 atom stereocenters. The quantitative estimate of drug-likeness (QED) is 0.333. The number of nitrogens with zero attached hydrogens (tertiary/aromatic N) is 3. The molecule has 2 saturated heterocycles. The molecule has 0 saturated carbocycles. The van der Waals surface area contributed by atoms with Crippen LogP contribution in [0.15, 0.2) is 35.3 Å². The van der Waals surface area contributed by atoms with Crippen molar-refractivity contribution in [3.8, 4) is 0 Å². The highest BCUT2D eigenvalue weighted by Gasteiger charge is 2.25. The topological polar surface area (TPSA) is 42.9 Å². The average molecular weight is 514 g/mol. The lowest BCUT2D eigenvalue weighted by Gasteiger charge is -2.35. The fraction of sp³-hybridized carbons (Fsp3) is 0.696. The maximum atomic E-state index is 4.46. The molecule has 0 radical (unpaired) electrons. The number of piperidine rings is 1. The first kappa shape index (κ1) is 24.4. The summed E-state index contributed by atoms with van der Waals surface area (Å²) >= 11 is 0. The summed E-state index contributed by atoms with van der Waals surface area (Å²) in [5.41, 5.74) is 1.41. The molecule has 2 aliphatic rings. The van der Waals surface area contributed by atoms with Crippen LogP contribution in [0, 0.1) is 5.92 Å². The Bertz CT molecular complexity index is 607. The van der Waals surface area contributed by atoms with Crippen molar-refractivity contribution in [3.05, 3.63) is 35.9 Å². The molecule has 6 heteroatoms. The summed E-state index contributed by atoms with van der Waals surface area (Å²) in [6.45, 7) is 11.3. The Kier molecular flexibility index (Phi) is 10.7. The number of aliphatic imine (C=N–C) groups is 1. The summed E-state index contributed by atoms with van der Waals surface area (Å²) in [7, 11) is 1.88. The molecule has 3 rings (SSSR count). The largest absolute Gasteiger partial charge is 0.356 e. The molecule has 5 nitrogen and oxygen atoms in total. The molecular weight excluding hydrogens is 473 g/mol. The third kappa shape index (κ3) is 7.72. The first-order valence-electron chi connectivity index (χ1n) is 11.1. The van der Waals surface area contributed by atoms with Crippen molar-refractivity contribution in [1.29, 1.82) is 0 Å². The SMILES string of the molecule is CN=C(NCC1CCCN(C(C)C)C1)NCC1CCCN1Cc1ccccc1.I. The number of benzene rings is 1. The van der Waals surface area contributed by atoms with Gasteiger partial charge in [-0.3, -0.25) is 9.89 Å². The van der Waals surface area contributed by atoms with Crippen molar-refractivity contribution >= 4 is 29.9 Å². The van der Waals surface area contributed by atoms with Crippen LogP contribution in [-0.2, 0) is 6.54 Å². The Morgan fingerprint density at radius 1 is 1.07 bits per heavy atom. The molecular formula is C23H40IN5. The van der Waals surface area contributed by atoms with Crippen molar-refractivity contribution in [2.45, 2.75) is 58.2 Å². The summed E-state index contributed by atoms with van der Waals surface area (Å²) in [6.07, 6.45) is 5.19. The fourth-order valence-electron chi connectivity index (χ4n) is 4.56. The van der Waals surface area contributed by atoms with Crippen molar-refractivity contribution in [3.63, 3.8) is 0 Å². The van der Waals surface area contributed by atoms with Crippen LogP contribution >= 0.6 is 24.0 Å². The number of guanidine groups is 1. The minimum absolute atomic E-state index is 0. The summed E-state index contributed by atoms with van der Waals surface area (Å²) in [5, 5.41) is 7.17. The molecule has 29 heavy (non-hydrogen) atoms. The number of halogens is 1. The van der Waals surface area contributed by atoms with Crippen molar-refractivity contribution in [2.75, 3.05) is 39.8 Å². The molecule has 164 valence electrons. The lowest BCUT2D eigenvalue weighted by Crippen LogP contribution is -2.48. The standard InChI is InChI=1S/C23H39N5.HI/c1-19(2)27-13-7-11-21(18-27)15-25-23(24-3)26-16-22-12-8-14-28(22)17-20-9-5-4-6-10-20;/h4-6,9-10,19,21-22H,7-8,11-18H2,1-3H3,(H2,24,25,26);1H. The van der Waals surface area contributed by atoms with E-state index >= 15 is 0 Å². The van der Waals surface area contributed by atoms with Crippen LogP contribution < -0.4 is 10.6 Å². The summed E-state index contributed by atoms with van der Waals surface area (Å²) in [6, 6.07) is 12.1. The molecule has 0 bridgehead atoms. The molecule has 1 aromatic carbocycles. The van der Waals surface area contributed by atoms with E-state index in [1.54, 1.807) is 0 Å². The molecule has 2 N–H and O–H groups in total. The van der Waals surface area contributed by atoms with Crippen molar-refractivity contribution in [2.24, 2.45) is 10.9 Å². The Morgan fingerprint density at radius 3 is 2.52 bits per heavy atom. The average Bonchev–Trinajstić information content (AvgIpc) is 3.16. The number of hydrogen-bond acceptors (Lipinski definition) is 3. The molecule has 2 aliphatic heterocycles. The zero-order chi connectivity index (χ0) is 19.8. The van der Waals surface area contributed by atoms with E-state index in [0.29, 0.717) is 12.1 Å². The molecule has 0 aliphatic carbocycles. The molecule has 1 aromatic rings. The second-order valence-electron chi connectivity index (χ2n) is 8.68. The molecule has 0 aromatic heterocycles. The van der Waals surface area contributed by atoms with Gasteiger partial charge in [0.25, 0.3) is 0 Å². The van der Waals surface area contributed by atoms with Crippen molar-refractivity contribution < 1.29 is 0 Å². The number of likely N-dealkylation sites (tertiary alicyclic amines) is 2. The van der Waals surface area contributed by atoms with Gasteiger partial charge in [0.1, 0.15) is 0 Å². The number of rotatable bonds is 7. The summed E-state index contributed by atoms with van der Waals surface area (Å²) in [5.74, 6) is 1.67. The van der Waals surface area contributed by atoms with E-state index < -0.39 is 0 Å². The molecule has 2 unspecified atom stereocenters. The van der Waals surface area contributed by atoms with E-state index in [2.05, 4.69) is 69.6 Å². The van der Waals surface area contributed by atoms with Crippen LogP contribution in [0.1, 0.15) is 45.1 Å². The maximum Gasteiger partial charge on any atom is 0.191 e. The molecule has 2 heterocycles. The first-order valence-corrected chi connectivity index (χ1v) is 11.1. The van der Waals surface area contributed by atoms with Gasteiger partial charge in [-0.05, 0) is 64.1 Å². The zero-order valence-electron chi connectivity index (χ0n) is 18.4. The van der Waals surface area contributed by atoms with Gasteiger partial charge in [-0.15, -0.1) is 24.0 Å². The van der Waals surface area contributed by atoms with Gasteiger partial charge in [0.15, 0.2) is 5.96 Å². The first-order chi connectivity index (χ1) is 13.7. The Labute approximate surface area is 194 Å². The third-order valence-corrected chi connectivity index (χ3v) is 6.30. The fourth-order valence-corrected chi connectivity index (χ4v) is 4.56. The third-order valence-electron chi connectivity index (χ3n) is 6.30. The lowest BCUT2D eigenvalue weighted by molar-refractivity contribution is 0.141. The van der Waals surface area contributed by atoms with E-state index in [4.69, 9.17) is 0 Å². The van der Waals surface area contributed by atoms with Gasteiger partial charge >= 0.3 is 0 Å². The Morgan fingerprint density at radius 2 is 1.79 bits per heavy atom. The minimum Gasteiger partial charge on any atom is -0.356 e. The van der Waals surface area contributed by atoms with Gasteiger partial charge < -0.3 is 15.5 Å². The van der Waals surface area contributed by atoms with E-state index in [1.165, 1.54) is 50.9 Å². The Hall–Kier alpha value is -0.860. The van der Waals surface area contributed by atoms with E-state index in [-0.39, 0.29) is 24.0 Å². The lowest BCUT2D eigenvalue weighted by atomic mass is 9.97. The van der Waals surface area contributed by atoms with Crippen molar-refractivity contribution in [1.82, 2.24) is 20.4 Å². The van der Waals surface area contributed by atoms with Crippen LogP contribution in [0.4, 0.5) is 0 Å². The van der Waals surface area contributed by atoms with Gasteiger partial charge in [0.2, 0.25) is 0 Å². The van der Waals surface area contributed by atoms with Crippen LogP contribution in [-0.4, -0.2) is 67.6 Å². The molecule has 2 fully saturated rings. The molecule has 0 spiro atoms. The van der Waals surface area contributed by atoms with E-state index in [9.17, 15) is 0 Å². The predicted octanol–water partition coefficient (Wildman–Crippen LogP) is 3.55. The van der Waals surface area contributed by atoms with Crippen LogP contribution in [0.3, 0.4) is 0 Å².